The minimum Gasteiger partial charge on any atom is -0.465 e. The number of allylic oxidation sites excluding steroid dienone is 1. The number of likely N-dealkylation sites (tertiary alicyclic amines) is 1. The van der Waals surface area contributed by atoms with Crippen LogP contribution in [0.15, 0.2) is 49.6 Å². The first kappa shape index (κ1) is 31.6. The van der Waals surface area contributed by atoms with E-state index in [0.717, 1.165) is 38.5 Å². The van der Waals surface area contributed by atoms with Gasteiger partial charge in [-0.1, -0.05) is 48.7 Å². The van der Waals surface area contributed by atoms with E-state index >= 15 is 0 Å². The normalized spacial score (nSPS) is 28.0. The van der Waals surface area contributed by atoms with Gasteiger partial charge in [0.2, 0.25) is 5.91 Å². The van der Waals surface area contributed by atoms with Crippen molar-refractivity contribution in [3.8, 4) is 0 Å². The summed E-state index contributed by atoms with van der Waals surface area (Å²) in [6.07, 6.45) is 10.5. The molecule has 9 heteroatoms. The fraction of sp³-hybridized carbons (Fsp3) is 0.594. The van der Waals surface area contributed by atoms with Gasteiger partial charge in [-0.3, -0.25) is 14.4 Å². The van der Waals surface area contributed by atoms with Crippen molar-refractivity contribution in [1.29, 1.82) is 0 Å². The number of fused-ring (bicyclic) bond motifs is 1. The third kappa shape index (κ3) is 6.11. The maximum absolute atomic E-state index is 14.6. The van der Waals surface area contributed by atoms with Gasteiger partial charge in [-0.05, 0) is 64.0 Å². The smallest absolute Gasteiger partial charge is 0.311 e. The number of nitrogens with zero attached hydrogens (tertiary/aromatic N) is 2. The molecule has 1 spiro atoms. The third-order valence-corrected chi connectivity index (χ3v) is 11.1. The van der Waals surface area contributed by atoms with Gasteiger partial charge >= 0.3 is 5.97 Å². The van der Waals surface area contributed by atoms with Crippen molar-refractivity contribution in [2.24, 2.45) is 11.8 Å². The molecule has 3 aliphatic heterocycles. The molecule has 4 rings (SSSR count). The highest BCUT2D eigenvalue weighted by molar-refractivity contribution is 8.02. The number of benzene rings is 1. The molecule has 41 heavy (non-hydrogen) atoms. The van der Waals surface area contributed by atoms with Crippen molar-refractivity contribution in [3.05, 3.63) is 54.6 Å². The lowest BCUT2D eigenvalue weighted by atomic mass is 9.66. The molecule has 3 fully saturated rings. The van der Waals surface area contributed by atoms with Crippen LogP contribution in [0, 0.1) is 11.8 Å². The van der Waals surface area contributed by atoms with E-state index in [-0.39, 0.29) is 30.9 Å². The Morgan fingerprint density at radius 1 is 1.15 bits per heavy atom. The Hall–Kier alpha value is -2.29. The Balaban J connectivity index is 1.67. The summed E-state index contributed by atoms with van der Waals surface area (Å²) in [5.74, 6) is -1.87. The molecule has 1 aromatic carbocycles. The number of carbonyl (C=O) groups excluding carboxylic acids is 3. The quantitative estimate of drug-likeness (QED) is 0.146. The number of rotatable bonds is 16. The van der Waals surface area contributed by atoms with E-state index in [1.165, 1.54) is 0 Å². The van der Waals surface area contributed by atoms with Crippen molar-refractivity contribution < 1.29 is 24.2 Å². The molecule has 3 saturated heterocycles. The fourth-order valence-electron chi connectivity index (χ4n) is 6.96. The Morgan fingerprint density at radius 3 is 2.61 bits per heavy atom. The van der Waals surface area contributed by atoms with Gasteiger partial charge in [0.05, 0.1) is 33.9 Å². The highest BCUT2D eigenvalue weighted by atomic mass is 35.5. The topological polar surface area (TPSA) is 87.1 Å². The summed E-state index contributed by atoms with van der Waals surface area (Å²) in [6.45, 7) is 10.8. The zero-order valence-electron chi connectivity index (χ0n) is 24.1. The molecule has 0 aliphatic carbocycles. The zero-order chi connectivity index (χ0) is 29.6. The van der Waals surface area contributed by atoms with E-state index in [1.807, 2.05) is 24.3 Å². The van der Waals surface area contributed by atoms with Crippen LogP contribution in [0.2, 0.25) is 5.02 Å². The molecule has 2 bridgehead atoms. The summed E-state index contributed by atoms with van der Waals surface area (Å²) in [4.78, 5) is 45.9. The average Bonchev–Trinajstić information content (AvgIpc) is 3.52. The molecule has 5 atom stereocenters. The maximum Gasteiger partial charge on any atom is 0.311 e. The number of unbranched alkanes of at least 4 members (excludes halogenated alkanes) is 5. The van der Waals surface area contributed by atoms with Crippen LogP contribution in [0.1, 0.15) is 64.7 Å². The van der Waals surface area contributed by atoms with Gasteiger partial charge in [-0.2, -0.15) is 0 Å². The van der Waals surface area contributed by atoms with Gasteiger partial charge in [0.1, 0.15) is 6.04 Å². The van der Waals surface area contributed by atoms with Gasteiger partial charge in [0.25, 0.3) is 5.91 Å². The first-order valence-corrected chi connectivity index (χ1v) is 16.0. The van der Waals surface area contributed by atoms with Crippen LogP contribution < -0.4 is 4.90 Å². The zero-order valence-corrected chi connectivity index (χ0v) is 25.6. The van der Waals surface area contributed by atoms with Crippen LogP contribution in [0.5, 0.6) is 0 Å². The molecule has 0 aromatic heterocycles. The number of halogens is 1. The first-order valence-electron chi connectivity index (χ1n) is 14.8. The number of hydrogen-bond donors (Lipinski definition) is 1. The number of amides is 2. The van der Waals surface area contributed by atoms with E-state index < -0.39 is 27.4 Å². The Morgan fingerprint density at radius 2 is 1.90 bits per heavy atom. The van der Waals surface area contributed by atoms with Gasteiger partial charge in [-0.25, -0.2) is 0 Å². The van der Waals surface area contributed by atoms with Crippen molar-refractivity contribution in [2.75, 3.05) is 31.2 Å². The van der Waals surface area contributed by atoms with Crippen molar-refractivity contribution in [2.45, 2.75) is 80.2 Å². The second kappa shape index (κ2) is 13.8. The molecule has 7 nitrogen and oxygen atoms in total. The lowest BCUT2D eigenvalue weighted by Gasteiger charge is -2.37. The van der Waals surface area contributed by atoms with Gasteiger partial charge in [0, 0.05) is 24.4 Å². The third-order valence-electron chi connectivity index (χ3n) is 8.84. The molecule has 1 aromatic rings. The van der Waals surface area contributed by atoms with E-state index in [2.05, 4.69) is 20.1 Å². The number of carbonyl (C=O) groups is 3. The molecule has 224 valence electrons. The van der Waals surface area contributed by atoms with Crippen molar-refractivity contribution >= 4 is 46.8 Å². The van der Waals surface area contributed by atoms with Gasteiger partial charge in [0.15, 0.2) is 0 Å². The fourth-order valence-corrected chi connectivity index (χ4v) is 9.54. The molecule has 3 aliphatic rings. The van der Waals surface area contributed by atoms with Crippen LogP contribution in [-0.4, -0.2) is 69.6 Å². The van der Waals surface area contributed by atoms with E-state index in [9.17, 15) is 19.5 Å². The Labute approximate surface area is 253 Å². The number of ether oxygens (including phenoxy) is 1. The Bertz CT molecular complexity index is 1150. The molecular weight excluding hydrogens is 560 g/mol. The number of aliphatic hydroxyl groups excluding tert-OH is 1. The summed E-state index contributed by atoms with van der Waals surface area (Å²) in [5, 5.41) is 9.63. The minimum atomic E-state index is -0.730. The molecule has 0 saturated carbocycles. The highest BCUT2D eigenvalue weighted by Gasteiger charge is 2.77. The predicted octanol–water partition coefficient (Wildman–Crippen LogP) is 5.79. The molecule has 1 N–H and O–H groups in total. The largest absolute Gasteiger partial charge is 0.465 e. The standard InChI is InChI=1S/C32H43ClN2O5S/c1-4-6-7-14-22-40-30(39)26-25-28(37)35(20-12-8-9-13-21-36)27(32(25)18-17-31(26,3)41-32)29(38)34(19-5-2)24-16-11-10-15-23(24)33/h4-5,10-11,15-16,25-27,36H,1-2,6-9,12-14,17-22H2,3H3/t25-,26-,27?,31+,32?/m0/s1. The molecule has 2 amide bonds. The summed E-state index contributed by atoms with van der Waals surface area (Å²) in [7, 11) is 0. The Kier molecular flexibility index (Phi) is 10.6. The lowest BCUT2D eigenvalue weighted by Crippen LogP contribution is -2.55. The maximum atomic E-state index is 14.6. The number of aliphatic hydroxyl groups is 1. The number of anilines is 1. The van der Waals surface area contributed by atoms with Crippen LogP contribution in [0.25, 0.3) is 0 Å². The summed E-state index contributed by atoms with van der Waals surface area (Å²) in [6, 6.07) is 6.48. The van der Waals surface area contributed by atoms with E-state index in [1.54, 1.807) is 33.7 Å². The first-order chi connectivity index (χ1) is 19.8. The average molecular weight is 603 g/mol. The SMILES string of the molecule is C=CCCCCOC(=O)[C@@H]1[C@H]2C(=O)N(CCCCCCO)C(C(=O)N(CC=C)c3ccccc3Cl)C23CC[C@@]1(C)S3. The van der Waals surface area contributed by atoms with E-state index in [4.69, 9.17) is 16.3 Å². The molecule has 2 unspecified atom stereocenters. The van der Waals surface area contributed by atoms with Crippen molar-refractivity contribution in [1.82, 2.24) is 4.90 Å². The minimum absolute atomic E-state index is 0.132. The van der Waals surface area contributed by atoms with Crippen LogP contribution in [0.3, 0.4) is 0 Å². The highest BCUT2D eigenvalue weighted by Crippen LogP contribution is 2.71. The van der Waals surface area contributed by atoms with Crippen LogP contribution in [0.4, 0.5) is 5.69 Å². The monoisotopic (exact) mass is 602 g/mol. The summed E-state index contributed by atoms with van der Waals surface area (Å²) >= 11 is 8.20. The van der Waals surface area contributed by atoms with Gasteiger partial charge < -0.3 is 19.6 Å². The number of hydrogen-bond acceptors (Lipinski definition) is 6. The predicted molar refractivity (Wildman–Crippen MR) is 165 cm³/mol. The second-order valence-corrected chi connectivity index (χ2v) is 13.8. The van der Waals surface area contributed by atoms with E-state index in [0.29, 0.717) is 43.1 Å². The summed E-state index contributed by atoms with van der Waals surface area (Å²) in [5.41, 5.74) is 0.577. The number of para-hydroxylation sites is 1. The molecule has 0 radical (unpaired) electrons. The van der Waals surface area contributed by atoms with Crippen molar-refractivity contribution in [3.63, 3.8) is 0 Å². The molecule has 3 heterocycles. The number of esters is 1. The lowest BCUT2D eigenvalue weighted by molar-refractivity contribution is -0.155. The summed E-state index contributed by atoms with van der Waals surface area (Å²) < 4.78 is 4.57. The number of thioether (sulfide) groups is 1. The molecular formula is C32H43ClN2O5S. The van der Waals surface area contributed by atoms with Crippen LogP contribution in [-0.2, 0) is 19.1 Å². The second-order valence-electron chi connectivity index (χ2n) is 11.5. The van der Waals surface area contributed by atoms with Gasteiger partial charge in [-0.15, -0.1) is 24.9 Å². The van der Waals surface area contributed by atoms with Crippen LogP contribution >= 0.6 is 23.4 Å².